The highest BCUT2D eigenvalue weighted by molar-refractivity contribution is 7.99. The normalized spacial score (nSPS) is 15.3. The number of aromatic nitrogens is 3. The zero-order chi connectivity index (χ0) is 23.0. The lowest BCUT2D eigenvalue weighted by atomic mass is 10.0. The fourth-order valence-corrected chi connectivity index (χ4v) is 4.81. The van der Waals surface area contributed by atoms with Gasteiger partial charge in [0.15, 0.2) is 11.0 Å². The number of carbonyl (C=O) groups is 1. The van der Waals surface area contributed by atoms with Crippen molar-refractivity contribution in [3.63, 3.8) is 0 Å². The third kappa shape index (κ3) is 6.42. The molecule has 1 aliphatic heterocycles. The first-order valence-corrected chi connectivity index (χ1v) is 12.5. The summed E-state index contributed by atoms with van der Waals surface area (Å²) < 4.78 is 15.5. The molecule has 8 heteroatoms. The van der Waals surface area contributed by atoms with Crippen LogP contribution in [0.25, 0.3) is 5.69 Å². The van der Waals surface area contributed by atoms with Crippen molar-refractivity contribution in [2.75, 3.05) is 25.4 Å². The van der Waals surface area contributed by atoms with E-state index >= 15 is 0 Å². The molecule has 3 aromatic rings. The number of rotatable bonds is 9. The van der Waals surface area contributed by atoms with Crippen LogP contribution in [-0.4, -0.2) is 51.0 Å². The molecule has 1 aliphatic rings. The summed E-state index contributed by atoms with van der Waals surface area (Å²) >= 11 is 1.35. The van der Waals surface area contributed by atoms with E-state index in [0.29, 0.717) is 18.2 Å². The van der Waals surface area contributed by atoms with Crippen molar-refractivity contribution in [2.45, 2.75) is 43.8 Å². The summed E-state index contributed by atoms with van der Waals surface area (Å²) in [5.74, 6) is 0.952. The highest BCUT2D eigenvalue weighted by atomic mass is 32.2. The zero-order valence-corrected chi connectivity index (χ0v) is 19.7. The zero-order valence-electron chi connectivity index (χ0n) is 18.9. The molecule has 4 rings (SSSR count). The van der Waals surface area contributed by atoms with Crippen LogP contribution in [0, 0.1) is 5.82 Å². The van der Waals surface area contributed by atoms with Crippen LogP contribution in [0.5, 0.6) is 0 Å². The first-order valence-electron chi connectivity index (χ1n) is 11.5. The molecular weight excluding hydrogens is 437 g/mol. The topological polar surface area (TPSA) is 63.1 Å². The van der Waals surface area contributed by atoms with Crippen LogP contribution in [-0.2, 0) is 11.3 Å². The van der Waals surface area contributed by atoms with E-state index in [-0.39, 0.29) is 23.4 Å². The highest BCUT2D eigenvalue weighted by Crippen LogP contribution is 2.24. The lowest BCUT2D eigenvalue weighted by Crippen LogP contribution is -2.30. The van der Waals surface area contributed by atoms with Gasteiger partial charge in [-0.2, -0.15) is 0 Å². The van der Waals surface area contributed by atoms with E-state index in [2.05, 4.69) is 39.5 Å². The van der Waals surface area contributed by atoms with Crippen molar-refractivity contribution in [1.82, 2.24) is 25.0 Å². The van der Waals surface area contributed by atoms with Gasteiger partial charge in [0.1, 0.15) is 5.82 Å². The van der Waals surface area contributed by atoms with E-state index in [1.165, 1.54) is 48.7 Å². The van der Waals surface area contributed by atoms with Crippen molar-refractivity contribution in [1.29, 1.82) is 0 Å². The van der Waals surface area contributed by atoms with E-state index in [1.807, 2.05) is 22.8 Å². The van der Waals surface area contributed by atoms with Crippen molar-refractivity contribution in [2.24, 2.45) is 0 Å². The molecule has 0 spiro atoms. The molecule has 0 saturated carbocycles. The van der Waals surface area contributed by atoms with Crippen LogP contribution in [0.15, 0.2) is 59.8 Å². The van der Waals surface area contributed by atoms with Crippen LogP contribution in [0.3, 0.4) is 0 Å². The molecule has 0 aliphatic carbocycles. The molecular formula is C25H30FN5OS. The van der Waals surface area contributed by atoms with Crippen molar-refractivity contribution < 1.29 is 9.18 Å². The minimum absolute atomic E-state index is 0.0472. The second kappa shape index (κ2) is 11.4. The maximum atomic E-state index is 13.5. The highest BCUT2D eigenvalue weighted by Gasteiger charge is 2.20. The molecule has 1 unspecified atom stereocenters. The molecule has 2 heterocycles. The van der Waals surface area contributed by atoms with Gasteiger partial charge in [0.25, 0.3) is 0 Å². The van der Waals surface area contributed by atoms with Crippen LogP contribution < -0.4 is 5.32 Å². The Morgan fingerprint density at radius 2 is 1.79 bits per heavy atom. The van der Waals surface area contributed by atoms with Crippen molar-refractivity contribution in [3.8, 4) is 5.69 Å². The summed E-state index contributed by atoms with van der Waals surface area (Å²) in [6, 6.07) is 16.5. The van der Waals surface area contributed by atoms with E-state index in [4.69, 9.17) is 0 Å². The Bertz CT molecular complexity index is 1030. The summed E-state index contributed by atoms with van der Waals surface area (Å²) in [7, 11) is 0. The Labute approximate surface area is 198 Å². The van der Waals surface area contributed by atoms with Gasteiger partial charge < -0.3 is 5.32 Å². The lowest BCUT2D eigenvalue weighted by Gasteiger charge is -2.26. The summed E-state index contributed by atoms with van der Waals surface area (Å²) in [6.45, 7) is 5.45. The monoisotopic (exact) mass is 467 g/mol. The van der Waals surface area contributed by atoms with E-state index < -0.39 is 0 Å². The quantitative estimate of drug-likeness (QED) is 0.473. The van der Waals surface area contributed by atoms with E-state index in [0.717, 1.165) is 24.6 Å². The number of hydrogen-bond donors (Lipinski definition) is 1. The number of amides is 1. The molecule has 174 valence electrons. The van der Waals surface area contributed by atoms with Crippen LogP contribution in [0.1, 0.15) is 43.5 Å². The number of hydrogen-bond acceptors (Lipinski definition) is 5. The second-order valence-corrected chi connectivity index (χ2v) is 9.39. The van der Waals surface area contributed by atoms with Crippen molar-refractivity contribution in [3.05, 3.63) is 71.8 Å². The smallest absolute Gasteiger partial charge is 0.230 e. The van der Waals surface area contributed by atoms with Crippen LogP contribution >= 0.6 is 11.8 Å². The number of likely N-dealkylation sites (tertiary alicyclic amines) is 1. The fraction of sp³-hybridized carbons (Fsp3) is 0.400. The van der Waals surface area contributed by atoms with Gasteiger partial charge in [-0.05, 0) is 61.7 Å². The van der Waals surface area contributed by atoms with E-state index in [1.54, 1.807) is 12.1 Å². The molecule has 33 heavy (non-hydrogen) atoms. The number of halogens is 1. The molecule has 0 radical (unpaired) electrons. The molecule has 6 nitrogen and oxygen atoms in total. The average molecular weight is 468 g/mol. The average Bonchev–Trinajstić information content (AvgIpc) is 3.25. The molecule has 1 amide bonds. The summed E-state index contributed by atoms with van der Waals surface area (Å²) in [5.41, 5.74) is 2.00. The molecule has 1 saturated heterocycles. The fourth-order valence-electron chi connectivity index (χ4n) is 4.01. The van der Waals surface area contributed by atoms with Gasteiger partial charge in [-0.15, -0.1) is 10.2 Å². The van der Waals surface area contributed by atoms with Gasteiger partial charge >= 0.3 is 0 Å². The third-order valence-corrected chi connectivity index (χ3v) is 6.83. The van der Waals surface area contributed by atoms with Gasteiger partial charge in [0, 0.05) is 12.2 Å². The Kier molecular flexibility index (Phi) is 8.12. The summed E-state index contributed by atoms with van der Waals surface area (Å²) in [6.07, 6.45) is 3.64. The Morgan fingerprint density at radius 1 is 1.06 bits per heavy atom. The van der Waals surface area contributed by atoms with Gasteiger partial charge in [0.2, 0.25) is 5.91 Å². The van der Waals surface area contributed by atoms with Gasteiger partial charge in [-0.3, -0.25) is 14.3 Å². The first-order chi connectivity index (χ1) is 16.1. The predicted octanol–water partition coefficient (Wildman–Crippen LogP) is 4.40. The number of piperidine rings is 1. The first kappa shape index (κ1) is 23.4. The number of benzene rings is 2. The number of thioether (sulfide) groups is 1. The lowest BCUT2D eigenvalue weighted by molar-refractivity contribution is -0.118. The Balaban J connectivity index is 1.41. The number of carbonyl (C=O) groups excluding carboxylic acids is 1. The Morgan fingerprint density at radius 3 is 2.52 bits per heavy atom. The largest absolute Gasteiger partial charge is 0.355 e. The van der Waals surface area contributed by atoms with Crippen LogP contribution in [0.4, 0.5) is 4.39 Å². The van der Waals surface area contributed by atoms with Gasteiger partial charge in [0.05, 0.1) is 12.3 Å². The second-order valence-electron chi connectivity index (χ2n) is 8.45. The standard InChI is InChI=1S/C25H30FN5OS/c1-19(20-8-4-2-5-9-20)16-27-24(32)18-33-25-29-28-23(17-30-14-6-3-7-15-30)31(25)22-12-10-21(26)11-13-22/h2,4-5,8-13,19H,3,6-7,14-18H2,1H3,(H,27,32). The minimum atomic E-state index is -0.287. The molecule has 1 aromatic heterocycles. The molecule has 1 atom stereocenters. The van der Waals surface area contributed by atoms with Gasteiger partial charge in [-0.1, -0.05) is 55.4 Å². The van der Waals surface area contributed by atoms with Gasteiger partial charge in [-0.25, -0.2) is 4.39 Å². The van der Waals surface area contributed by atoms with Crippen molar-refractivity contribution >= 4 is 17.7 Å². The third-order valence-electron chi connectivity index (χ3n) is 5.91. The number of nitrogens with zero attached hydrogens (tertiary/aromatic N) is 4. The molecule has 1 fully saturated rings. The minimum Gasteiger partial charge on any atom is -0.355 e. The maximum Gasteiger partial charge on any atom is 0.230 e. The molecule has 0 bridgehead atoms. The van der Waals surface area contributed by atoms with Crippen LogP contribution in [0.2, 0.25) is 0 Å². The number of nitrogens with one attached hydrogen (secondary N) is 1. The molecule has 2 aromatic carbocycles. The summed E-state index contributed by atoms with van der Waals surface area (Å²) in [5, 5.41) is 12.5. The molecule has 1 N–H and O–H groups in total. The Hall–Kier alpha value is -2.71. The predicted molar refractivity (Wildman–Crippen MR) is 129 cm³/mol. The maximum absolute atomic E-state index is 13.5. The SMILES string of the molecule is CC(CNC(=O)CSc1nnc(CN2CCCCC2)n1-c1ccc(F)cc1)c1ccccc1. The van der Waals surface area contributed by atoms with E-state index in [9.17, 15) is 9.18 Å². The summed E-state index contributed by atoms with van der Waals surface area (Å²) in [4.78, 5) is 14.9.